The van der Waals surface area contributed by atoms with Crippen molar-refractivity contribution in [3.63, 3.8) is 0 Å². The molecule has 3 aromatic rings. The third kappa shape index (κ3) is 4.05. The Morgan fingerprint density at radius 1 is 1.23 bits per heavy atom. The highest BCUT2D eigenvalue weighted by atomic mass is 16.5. The number of amides is 2. The molecule has 1 aromatic carbocycles. The van der Waals surface area contributed by atoms with E-state index < -0.39 is 17.9 Å². The molecule has 1 fully saturated rings. The molecule has 0 spiro atoms. The second-order valence-electron chi connectivity index (χ2n) is 7.47. The Balaban J connectivity index is 1.45. The Morgan fingerprint density at radius 3 is 2.80 bits per heavy atom. The number of carbonyl (C=O) groups excluding carboxylic acids is 2. The molecule has 30 heavy (non-hydrogen) atoms. The first-order valence-electron chi connectivity index (χ1n) is 9.91. The molecule has 1 saturated heterocycles. The molecule has 2 amide bonds. The average molecular weight is 408 g/mol. The summed E-state index contributed by atoms with van der Waals surface area (Å²) in [5.41, 5.74) is 5.27. The van der Waals surface area contributed by atoms with Crippen LogP contribution in [0.2, 0.25) is 0 Å². The number of hydroxylamine groups is 1. The highest BCUT2D eigenvalue weighted by molar-refractivity contribution is 5.94. The molecule has 3 N–H and O–H groups in total. The Hall–Kier alpha value is -3.23. The van der Waals surface area contributed by atoms with E-state index in [0.717, 1.165) is 22.6 Å². The van der Waals surface area contributed by atoms with Crippen LogP contribution in [0.5, 0.6) is 0 Å². The van der Waals surface area contributed by atoms with Crippen LogP contribution in [-0.4, -0.2) is 45.7 Å². The minimum atomic E-state index is -0.621. The van der Waals surface area contributed by atoms with E-state index in [1.807, 2.05) is 43.5 Å². The van der Waals surface area contributed by atoms with E-state index in [1.165, 1.54) is 0 Å². The maximum absolute atomic E-state index is 12.7. The molecule has 4 rings (SSSR count). The van der Waals surface area contributed by atoms with Crippen LogP contribution >= 0.6 is 0 Å². The van der Waals surface area contributed by atoms with Crippen LogP contribution in [0.3, 0.4) is 0 Å². The molecule has 8 heteroatoms. The lowest BCUT2D eigenvalue weighted by molar-refractivity contribution is -0.138. The van der Waals surface area contributed by atoms with Crippen LogP contribution in [-0.2, 0) is 16.0 Å². The molecule has 0 aliphatic carbocycles. The molecule has 2 atom stereocenters. The molecule has 1 aliphatic heterocycles. The van der Waals surface area contributed by atoms with Crippen LogP contribution in [0, 0.1) is 12.8 Å². The first-order chi connectivity index (χ1) is 14.6. The van der Waals surface area contributed by atoms with E-state index in [4.69, 9.17) is 9.94 Å². The fourth-order valence-electron chi connectivity index (χ4n) is 3.85. The van der Waals surface area contributed by atoms with Gasteiger partial charge in [-0.3, -0.25) is 14.8 Å². The summed E-state index contributed by atoms with van der Waals surface area (Å²) in [6.45, 7) is 2.61. The van der Waals surface area contributed by atoms with Crippen molar-refractivity contribution in [1.29, 1.82) is 0 Å². The number of hydrogen-bond donors (Lipinski definition) is 3. The predicted octanol–water partition coefficient (Wildman–Crippen LogP) is 1.87. The number of fused-ring (bicyclic) bond motifs is 1. The van der Waals surface area contributed by atoms with Crippen LogP contribution in [0.4, 0.5) is 0 Å². The van der Waals surface area contributed by atoms with Gasteiger partial charge < -0.3 is 14.5 Å². The van der Waals surface area contributed by atoms with Gasteiger partial charge in [-0.1, -0.05) is 18.2 Å². The normalized spacial score (nSPS) is 18.9. The number of pyridine rings is 1. The molecule has 0 radical (unpaired) electrons. The molecule has 3 heterocycles. The van der Waals surface area contributed by atoms with Crippen molar-refractivity contribution in [3.8, 4) is 0 Å². The third-order valence-corrected chi connectivity index (χ3v) is 5.50. The van der Waals surface area contributed by atoms with Crippen molar-refractivity contribution in [3.05, 3.63) is 71.3 Å². The largest absolute Gasteiger partial charge is 0.380 e. The second-order valence-corrected chi connectivity index (χ2v) is 7.47. The number of carbonyl (C=O) groups is 2. The van der Waals surface area contributed by atoms with E-state index in [9.17, 15) is 9.59 Å². The number of aromatic nitrogens is 2. The van der Waals surface area contributed by atoms with Crippen molar-refractivity contribution in [2.45, 2.75) is 25.8 Å². The van der Waals surface area contributed by atoms with Gasteiger partial charge in [-0.15, -0.1) is 0 Å². The maximum atomic E-state index is 12.7. The van der Waals surface area contributed by atoms with Crippen LogP contribution in [0.1, 0.15) is 33.9 Å². The minimum Gasteiger partial charge on any atom is -0.380 e. The fraction of sp³-hybridized carbons (Fsp3) is 0.318. The Labute approximate surface area is 173 Å². The van der Waals surface area contributed by atoms with Crippen LogP contribution in [0.15, 0.2) is 48.7 Å². The van der Waals surface area contributed by atoms with Crippen molar-refractivity contribution < 1.29 is 19.5 Å². The third-order valence-electron chi connectivity index (χ3n) is 5.50. The number of ether oxygens (including phenoxy) is 1. The topological polar surface area (TPSA) is 105 Å². The average Bonchev–Trinajstić information content (AvgIpc) is 3.09. The smallest absolute Gasteiger partial charge is 0.251 e. The van der Waals surface area contributed by atoms with Gasteiger partial charge in [0.2, 0.25) is 0 Å². The van der Waals surface area contributed by atoms with Crippen LogP contribution < -0.4 is 10.8 Å². The molecule has 0 bridgehead atoms. The first kappa shape index (κ1) is 20.1. The number of imidazole rings is 1. The van der Waals surface area contributed by atoms with E-state index >= 15 is 0 Å². The SMILES string of the molecule is Cc1nc(Cc2ccc(C(=O)N[C@@H]3CCOC[C@@H]3C(=O)NO)cc2)n2ccccc12. The second kappa shape index (κ2) is 8.64. The summed E-state index contributed by atoms with van der Waals surface area (Å²) in [4.78, 5) is 29.1. The van der Waals surface area contributed by atoms with Crippen molar-refractivity contribution in [2.24, 2.45) is 5.92 Å². The zero-order valence-corrected chi connectivity index (χ0v) is 16.7. The summed E-state index contributed by atoms with van der Waals surface area (Å²) in [6, 6.07) is 13.0. The van der Waals surface area contributed by atoms with Gasteiger partial charge >= 0.3 is 0 Å². The number of aryl methyl sites for hydroxylation is 1. The summed E-state index contributed by atoms with van der Waals surface area (Å²) in [6.07, 6.45) is 3.16. The van der Waals surface area contributed by atoms with E-state index in [2.05, 4.69) is 14.7 Å². The molecular formula is C22H24N4O4. The fourth-order valence-corrected chi connectivity index (χ4v) is 3.85. The highest BCUT2D eigenvalue weighted by Gasteiger charge is 2.32. The van der Waals surface area contributed by atoms with E-state index in [0.29, 0.717) is 25.0 Å². The van der Waals surface area contributed by atoms with Gasteiger partial charge in [-0.2, -0.15) is 0 Å². The van der Waals surface area contributed by atoms with Crippen molar-refractivity contribution in [1.82, 2.24) is 20.2 Å². The van der Waals surface area contributed by atoms with Crippen molar-refractivity contribution in [2.75, 3.05) is 13.2 Å². The predicted molar refractivity (Wildman–Crippen MR) is 109 cm³/mol. The highest BCUT2D eigenvalue weighted by Crippen LogP contribution is 2.18. The molecule has 156 valence electrons. The van der Waals surface area contributed by atoms with E-state index in [-0.39, 0.29) is 12.5 Å². The lowest BCUT2D eigenvalue weighted by Gasteiger charge is -2.30. The molecular weight excluding hydrogens is 384 g/mol. The standard InChI is InChI=1S/C22H24N4O4/c1-14-19-4-2-3-10-26(19)20(23-14)12-15-5-7-16(8-6-15)21(27)24-18-9-11-30-13-17(18)22(28)25-29/h2-8,10,17-18,29H,9,11-13H2,1H3,(H,24,27)(H,25,28)/t17-,18+/m0/s1. The molecule has 8 nitrogen and oxygen atoms in total. The van der Waals surface area contributed by atoms with Gasteiger partial charge in [0.1, 0.15) is 5.82 Å². The molecule has 1 aliphatic rings. The zero-order valence-electron chi connectivity index (χ0n) is 16.7. The lowest BCUT2D eigenvalue weighted by Crippen LogP contribution is -2.51. The van der Waals surface area contributed by atoms with Crippen LogP contribution in [0.25, 0.3) is 5.52 Å². The van der Waals surface area contributed by atoms with Gasteiger partial charge in [0, 0.05) is 30.8 Å². The summed E-state index contributed by atoms with van der Waals surface area (Å²) in [5.74, 6) is -0.492. The monoisotopic (exact) mass is 408 g/mol. The number of hydrogen-bond acceptors (Lipinski definition) is 5. The molecule has 0 unspecified atom stereocenters. The number of nitrogens with one attached hydrogen (secondary N) is 2. The number of rotatable bonds is 5. The van der Waals surface area contributed by atoms with Gasteiger partial charge in [0.05, 0.1) is 23.7 Å². The zero-order chi connectivity index (χ0) is 21.1. The summed E-state index contributed by atoms with van der Waals surface area (Å²) in [7, 11) is 0. The summed E-state index contributed by atoms with van der Waals surface area (Å²) >= 11 is 0. The van der Waals surface area contributed by atoms with Gasteiger partial charge in [-0.05, 0) is 43.2 Å². The first-order valence-corrected chi connectivity index (χ1v) is 9.91. The lowest BCUT2D eigenvalue weighted by atomic mass is 9.94. The summed E-state index contributed by atoms with van der Waals surface area (Å²) in [5, 5.41) is 11.8. The molecule has 0 saturated carbocycles. The Kier molecular flexibility index (Phi) is 5.78. The van der Waals surface area contributed by atoms with Gasteiger partial charge in [0.25, 0.3) is 11.8 Å². The van der Waals surface area contributed by atoms with E-state index in [1.54, 1.807) is 17.6 Å². The Bertz CT molecular complexity index is 1060. The quantitative estimate of drug-likeness (QED) is 0.442. The summed E-state index contributed by atoms with van der Waals surface area (Å²) < 4.78 is 7.37. The minimum absolute atomic E-state index is 0.161. The Morgan fingerprint density at radius 2 is 2.03 bits per heavy atom. The van der Waals surface area contributed by atoms with Gasteiger partial charge in [0.15, 0.2) is 0 Å². The van der Waals surface area contributed by atoms with Crippen molar-refractivity contribution >= 4 is 17.3 Å². The molecule has 2 aromatic heterocycles. The number of nitrogens with zero attached hydrogens (tertiary/aromatic N) is 2. The maximum Gasteiger partial charge on any atom is 0.251 e. The number of benzene rings is 1. The van der Waals surface area contributed by atoms with Gasteiger partial charge in [-0.25, -0.2) is 10.5 Å².